The van der Waals surface area contributed by atoms with Gasteiger partial charge in [0.05, 0.1) is 0 Å². The van der Waals surface area contributed by atoms with Gasteiger partial charge in [0.25, 0.3) is 0 Å². The monoisotopic (exact) mass is 608 g/mol. The molecule has 188 valence electrons. The Bertz CT molecular complexity index is 1680. The first-order valence-electron chi connectivity index (χ1n) is 12.4. The Hall–Kier alpha value is -2.70. The van der Waals surface area contributed by atoms with E-state index in [0.29, 0.717) is 5.92 Å². The summed E-state index contributed by atoms with van der Waals surface area (Å²) in [7, 11) is 0. The molecule has 1 unspecified atom stereocenters. The molecular weight excluding hydrogens is 583 g/mol. The number of hydrogen-bond acceptors (Lipinski definition) is 0. The van der Waals surface area contributed by atoms with Crippen LogP contribution < -0.4 is 24.8 Å². The van der Waals surface area contributed by atoms with E-state index in [4.69, 9.17) is 0 Å². The minimum Gasteiger partial charge on any atom is -1.00 e. The summed E-state index contributed by atoms with van der Waals surface area (Å²) < 4.78 is 2.29. The van der Waals surface area contributed by atoms with Crippen molar-refractivity contribution in [1.82, 2.24) is 0 Å². The Balaban J connectivity index is 0.000000198. The molecule has 0 N–H and O–H groups in total. The second-order valence-corrected chi connectivity index (χ2v) is 9.80. The van der Waals surface area contributed by atoms with Crippen LogP contribution in [0.1, 0.15) is 24.8 Å². The van der Waals surface area contributed by atoms with Gasteiger partial charge < -0.3 is 24.8 Å². The summed E-state index contributed by atoms with van der Waals surface area (Å²) in [6.07, 6.45) is 10.0. The molecule has 0 heterocycles. The van der Waals surface area contributed by atoms with Crippen LogP contribution in [-0.4, -0.2) is 3.71 Å². The molecule has 0 saturated heterocycles. The van der Waals surface area contributed by atoms with E-state index >= 15 is 0 Å². The number of fused-ring (bicyclic) bond motifs is 8. The third-order valence-corrected chi connectivity index (χ3v) is 7.89. The first-order chi connectivity index (χ1) is 17.8. The number of rotatable bonds is 2. The van der Waals surface area contributed by atoms with Gasteiger partial charge in [0, 0.05) is 0 Å². The fourth-order valence-corrected chi connectivity index (χ4v) is 5.28. The average molecular weight is 611 g/mol. The average Bonchev–Trinajstić information content (AvgIpc) is 3.66. The normalized spacial score (nSPS) is 12.2. The van der Waals surface area contributed by atoms with E-state index in [1.165, 1.54) is 72.9 Å². The van der Waals surface area contributed by atoms with Gasteiger partial charge in [-0.3, -0.25) is 6.08 Å². The van der Waals surface area contributed by atoms with Crippen LogP contribution in [0, 0.1) is 6.08 Å². The molecule has 0 saturated carbocycles. The fraction of sp³-hybridized carbons (Fsp3) is 0.0857. The van der Waals surface area contributed by atoms with Crippen molar-refractivity contribution in [2.75, 3.05) is 0 Å². The summed E-state index contributed by atoms with van der Waals surface area (Å²) in [6.45, 7) is 2.23. The maximum Gasteiger partial charge on any atom is -0.0255 e. The van der Waals surface area contributed by atoms with E-state index in [2.05, 4.69) is 132 Å². The molecule has 0 radical (unpaired) electrons. The van der Waals surface area contributed by atoms with Crippen LogP contribution in [0.15, 0.2) is 127 Å². The zero-order valence-corrected chi connectivity index (χ0v) is 25.2. The number of allylic oxidation sites excluding steroid dienone is 4. The molecule has 6 aromatic carbocycles. The van der Waals surface area contributed by atoms with Gasteiger partial charge in [-0.05, 0) is 10.8 Å². The minimum absolute atomic E-state index is 0. The van der Waals surface area contributed by atoms with Crippen molar-refractivity contribution in [3.8, 4) is 0 Å². The second-order valence-electron chi connectivity index (χ2n) is 8.98. The van der Waals surface area contributed by atoms with Crippen LogP contribution in [0.3, 0.4) is 0 Å². The van der Waals surface area contributed by atoms with E-state index in [0.717, 1.165) is 6.42 Å². The van der Waals surface area contributed by atoms with Gasteiger partial charge in [0.15, 0.2) is 0 Å². The molecule has 1 aliphatic rings. The van der Waals surface area contributed by atoms with Crippen molar-refractivity contribution in [2.24, 2.45) is 0 Å². The van der Waals surface area contributed by atoms with Crippen molar-refractivity contribution in [3.63, 3.8) is 0 Å². The van der Waals surface area contributed by atoms with E-state index in [1.54, 1.807) is 0 Å². The number of benzene rings is 5. The minimum atomic E-state index is 0. The molecule has 6 aromatic rings. The molecule has 1 atom stereocenters. The van der Waals surface area contributed by atoms with Gasteiger partial charge in [-0.2, -0.15) is 6.08 Å². The van der Waals surface area contributed by atoms with E-state index in [9.17, 15) is 0 Å². The topological polar surface area (TPSA) is 0 Å². The fourth-order valence-electron chi connectivity index (χ4n) is 4.81. The molecule has 7 rings (SSSR count). The van der Waals surface area contributed by atoms with Crippen LogP contribution in [0.25, 0.3) is 43.1 Å². The SMILES string of the molecule is CC([CH]=[Zr+2])c1ccccc1.[C-]1=CC=CC1.[Cl-].[Cl-].c1ccc2c(c1)[cH-]c1c3ccccc3c3ccccc3c21. The zero-order valence-electron chi connectivity index (χ0n) is 21.2. The Morgan fingerprint density at radius 3 is 1.84 bits per heavy atom. The molecular formula is C35H28Cl2Zr-2. The second kappa shape index (κ2) is 14.5. The standard InChI is InChI=1S/C21H13.C9H10.C5H5.2ClH.Zr/c1-2-8-15-14(7-1)13-20-18-11-4-3-9-16(18)17-10-5-6-12-19(17)21(15)20;1-8(2)9-6-4-3-5-7-9;1-2-4-5-3-1;;;/h1-13H;1,3-8H,2H3;1-3H,4H2;2*1H;/q-1;;-1;;;+2/p-2. The first-order valence-corrected chi connectivity index (χ1v) is 13.8. The van der Waals surface area contributed by atoms with Gasteiger partial charge in [0.1, 0.15) is 0 Å². The molecule has 0 bridgehead atoms. The maximum atomic E-state index is 2.99. The summed E-state index contributed by atoms with van der Waals surface area (Å²) in [5.41, 5.74) is 1.42. The predicted molar refractivity (Wildman–Crippen MR) is 155 cm³/mol. The Labute approximate surface area is 252 Å². The van der Waals surface area contributed by atoms with Gasteiger partial charge >= 0.3 is 76.7 Å². The smallest absolute Gasteiger partial charge is 0.0255 e. The van der Waals surface area contributed by atoms with E-state index in [-0.39, 0.29) is 24.8 Å². The van der Waals surface area contributed by atoms with Crippen molar-refractivity contribution in [2.45, 2.75) is 19.3 Å². The molecule has 0 fully saturated rings. The van der Waals surface area contributed by atoms with Gasteiger partial charge in [-0.1, -0.05) is 77.5 Å². The van der Waals surface area contributed by atoms with Gasteiger partial charge in [0.2, 0.25) is 0 Å². The molecule has 0 aromatic heterocycles. The molecule has 0 aliphatic heterocycles. The number of hydrogen-bond donors (Lipinski definition) is 0. The summed E-state index contributed by atoms with van der Waals surface area (Å²) >= 11 is 1.50. The third-order valence-electron chi connectivity index (χ3n) is 6.66. The van der Waals surface area contributed by atoms with Gasteiger partial charge in [-0.25, -0.2) is 12.2 Å². The Morgan fingerprint density at radius 2 is 1.26 bits per heavy atom. The van der Waals surface area contributed by atoms with Crippen LogP contribution in [0.2, 0.25) is 0 Å². The zero-order chi connectivity index (χ0) is 24.7. The van der Waals surface area contributed by atoms with Crippen molar-refractivity contribution in [3.05, 3.63) is 139 Å². The Morgan fingerprint density at radius 1 is 0.711 bits per heavy atom. The molecule has 0 amide bonds. The Kier molecular flexibility index (Phi) is 11.4. The van der Waals surface area contributed by atoms with Crippen LogP contribution in [0.4, 0.5) is 0 Å². The van der Waals surface area contributed by atoms with Crippen molar-refractivity contribution < 1.29 is 49.0 Å². The number of halogens is 2. The molecule has 0 nitrogen and oxygen atoms in total. The van der Waals surface area contributed by atoms with Crippen LogP contribution in [0.5, 0.6) is 0 Å². The summed E-state index contributed by atoms with van der Waals surface area (Å²) in [6, 6.07) is 39.1. The quantitative estimate of drug-likeness (QED) is 0.208. The molecule has 0 spiro atoms. The summed E-state index contributed by atoms with van der Waals surface area (Å²) in [4.78, 5) is 0. The largest absolute Gasteiger partial charge is 1.00 e. The molecule has 3 heteroatoms. The first kappa shape index (κ1) is 29.9. The van der Waals surface area contributed by atoms with Crippen molar-refractivity contribution in [1.29, 1.82) is 0 Å². The summed E-state index contributed by atoms with van der Waals surface area (Å²) in [5, 5.41) is 10.8. The summed E-state index contributed by atoms with van der Waals surface area (Å²) in [5.74, 6) is 0.624. The van der Waals surface area contributed by atoms with E-state index in [1.807, 2.05) is 12.2 Å². The van der Waals surface area contributed by atoms with Crippen LogP contribution in [-0.2, 0) is 24.2 Å². The molecule has 38 heavy (non-hydrogen) atoms. The van der Waals surface area contributed by atoms with Crippen molar-refractivity contribution >= 4 is 46.8 Å². The third kappa shape index (κ3) is 6.47. The predicted octanol–water partition coefficient (Wildman–Crippen LogP) is 3.47. The van der Waals surface area contributed by atoms with Crippen LogP contribution >= 0.6 is 0 Å². The van der Waals surface area contributed by atoms with E-state index < -0.39 is 0 Å². The maximum absolute atomic E-state index is 2.99. The van der Waals surface area contributed by atoms with Gasteiger partial charge in [-0.15, -0.1) is 40.1 Å². The molecule has 1 aliphatic carbocycles.